The van der Waals surface area contributed by atoms with Crippen LogP contribution >= 0.6 is 0 Å². The average Bonchev–Trinajstić information content (AvgIpc) is 2.76. The Morgan fingerprint density at radius 2 is 1.27 bits per heavy atom. The molecule has 0 aromatic heterocycles. The zero-order valence-corrected chi connectivity index (χ0v) is 18.4. The van der Waals surface area contributed by atoms with Crippen molar-refractivity contribution in [2.45, 2.75) is 68.0 Å². The fourth-order valence-corrected chi connectivity index (χ4v) is 2.82. The Bertz CT molecular complexity index is 933. The van der Waals surface area contributed by atoms with Crippen molar-refractivity contribution in [3.8, 4) is 0 Å². The molecule has 17 heteroatoms. The maximum absolute atomic E-state index is 14.0. The largest absolute Gasteiger partial charge is 0.460 e. The van der Waals surface area contributed by atoms with Gasteiger partial charge in [0.05, 0.1) is 12.6 Å². The molecule has 1 rings (SSSR count). The molecule has 1 N–H and O–H groups in total. The molecule has 1 amide bonds. The first kappa shape index (κ1) is 32.3. The number of benzene rings is 1. The number of amides is 1. The van der Waals surface area contributed by atoms with E-state index in [1.54, 1.807) is 0 Å². The lowest BCUT2D eigenvalue weighted by atomic mass is 9.90. The van der Waals surface area contributed by atoms with Gasteiger partial charge in [-0.3, -0.25) is 4.79 Å². The number of Topliss-reactive ketones (excluding diaryl/α,β-unsaturated/α-hetero) is 1. The number of alkyl carbamates (subject to hydrolysis) is 1. The molecule has 0 aliphatic rings. The number of halogens is 13. The van der Waals surface area contributed by atoms with Gasteiger partial charge in [-0.05, 0) is 18.9 Å². The molecular weight excluding hydrogens is 549 g/mol. The van der Waals surface area contributed by atoms with Gasteiger partial charge in [0.15, 0.2) is 5.78 Å². The molecule has 0 bridgehead atoms. The van der Waals surface area contributed by atoms with Gasteiger partial charge in [-0.2, -0.15) is 57.1 Å². The number of nitrogens with one attached hydrogen (secondary N) is 1. The van der Waals surface area contributed by atoms with E-state index in [0.29, 0.717) is 0 Å². The van der Waals surface area contributed by atoms with Gasteiger partial charge < -0.3 is 10.1 Å². The molecule has 4 nitrogen and oxygen atoms in total. The number of hydrogen-bond donors (Lipinski definition) is 1. The molecule has 1 atom stereocenters. The van der Waals surface area contributed by atoms with E-state index in [4.69, 9.17) is 0 Å². The SMILES string of the molecule is CCOC(=O)N[C@@H](Cc1ccccc1)C(=O)CCC(F)(F)C(F)(F)C(F)(F)C(F)(F)C(F)(F)C(F)(F)F. The van der Waals surface area contributed by atoms with Crippen molar-refractivity contribution in [2.24, 2.45) is 0 Å². The van der Waals surface area contributed by atoms with Crippen molar-refractivity contribution in [3.05, 3.63) is 35.9 Å². The monoisotopic (exact) mass is 567 g/mol. The van der Waals surface area contributed by atoms with Gasteiger partial charge in [-0.15, -0.1) is 0 Å². The summed E-state index contributed by atoms with van der Waals surface area (Å²) >= 11 is 0. The van der Waals surface area contributed by atoms with E-state index in [0.717, 1.165) is 0 Å². The maximum atomic E-state index is 14.0. The zero-order chi connectivity index (χ0) is 29.1. The minimum atomic E-state index is -8.02. The van der Waals surface area contributed by atoms with E-state index in [-0.39, 0.29) is 12.2 Å². The van der Waals surface area contributed by atoms with Crippen molar-refractivity contribution in [1.29, 1.82) is 0 Å². The van der Waals surface area contributed by atoms with Crippen molar-refractivity contribution >= 4 is 11.9 Å². The molecule has 0 aliphatic carbocycles. The highest BCUT2D eigenvalue weighted by molar-refractivity contribution is 5.87. The molecule has 37 heavy (non-hydrogen) atoms. The van der Waals surface area contributed by atoms with E-state index in [9.17, 15) is 66.7 Å². The Hall–Kier alpha value is -2.75. The summed E-state index contributed by atoms with van der Waals surface area (Å²) in [4.78, 5) is 24.0. The molecule has 212 valence electrons. The van der Waals surface area contributed by atoms with Crippen molar-refractivity contribution in [2.75, 3.05) is 6.61 Å². The number of alkyl halides is 13. The molecule has 1 aromatic carbocycles. The van der Waals surface area contributed by atoms with Gasteiger partial charge in [0.2, 0.25) is 0 Å². The third kappa shape index (κ3) is 6.40. The molecule has 1 aromatic rings. The highest BCUT2D eigenvalue weighted by Gasteiger charge is 2.90. The lowest BCUT2D eigenvalue weighted by Gasteiger charge is -2.39. The second kappa shape index (κ2) is 10.9. The van der Waals surface area contributed by atoms with Gasteiger partial charge in [0, 0.05) is 12.8 Å². The number of ketones is 1. The fraction of sp³-hybridized carbons (Fsp3) is 0.600. The summed E-state index contributed by atoms with van der Waals surface area (Å²) in [6.45, 7) is 1.09. The Morgan fingerprint density at radius 3 is 1.73 bits per heavy atom. The average molecular weight is 567 g/mol. The summed E-state index contributed by atoms with van der Waals surface area (Å²) in [5.74, 6) is -39.2. The molecule has 0 radical (unpaired) electrons. The van der Waals surface area contributed by atoms with E-state index in [2.05, 4.69) is 4.74 Å². The molecule has 0 saturated carbocycles. The maximum Gasteiger partial charge on any atom is 0.460 e. The Kier molecular flexibility index (Phi) is 9.54. The zero-order valence-electron chi connectivity index (χ0n) is 18.4. The van der Waals surface area contributed by atoms with Crippen LogP contribution in [0.1, 0.15) is 25.3 Å². The minimum absolute atomic E-state index is 0.242. The van der Waals surface area contributed by atoms with Crippen LogP contribution in [0.5, 0.6) is 0 Å². The summed E-state index contributed by atoms with van der Waals surface area (Å²) in [5.41, 5.74) is 0.273. The third-order valence-electron chi connectivity index (χ3n) is 4.92. The quantitative estimate of drug-likeness (QED) is 0.296. The first-order chi connectivity index (χ1) is 16.6. The summed E-state index contributed by atoms with van der Waals surface area (Å²) in [6.07, 6.45) is -13.8. The normalized spacial score (nSPS) is 14.8. The van der Waals surface area contributed by atoms with Crippen LogP contribution in [-0.4, -0.2) is 60.3 Å². The second-order valence-corrected chi connectivity index (χ2v) is 7.57. The van der Waals surface area contributed by atoms with Crippen LogP contribution < -0.4 is 5.32 Å². The van der Waals surface area contributed by atoms with Gasteiger partial charge in [-0.1, -0.05) is 30.3 Å². The number of carbonyl (C=O) groups excluding carboxylic acids is 2. The van der Waals surface area contributed by atoms with E-state index in [1.807, 2.05) is 5.32 Å². The van der Waals surface area contributed by atoms with Crippen LogP contribution in [0.2, 0.25) is 0 Å². The lowest BCUT2D eigenvalue weighted by Crippen LogP contribution is -2.70. The number of hydrogen-bond acceptors (Lipinski definition) is 3. The highest BCUT2D eigenvalue weighted by Crippen LogP contribution is 2.60. The Morgan fingerprint density at radius 1 is 0.784 bits per heavy atom. The van der Waals surface area contributed by atoms with Gasteiger partial charge >= 0.3 is 41.9 Å². The summed E-state index contributed by atoms with van der Waals surface area (Å²) in [6, 6.07) is 5.35. The van der Waals surface area contributed by atoms with E-state index >= 15 is 0 Å². The molecule has 0 spiro atoms. The standard InChI is InChI=1S/C20H18F13NO3/c1-2-37-14(36)34-12(10-11-6-4-3-5-7-11)13(35)8-9-15(21,22)16(23,24)17(25,26)18(27,28)19(29,30)20(31,32)33/h3-7,12H,2,8-10H2,1H3,(H,34,36)/t12-/m0/s1. The first-order valence-corrected chi connectivity index (χ1v) is 10.0. The Balaban J connectivity index is 3.20. The van der Waals surface area contributed by atoms with Crippen LogP contribution in [0.3, 0.4) is 0 Å². The fourth-order valence-electron chi connectivity index (χ4n) is 2.82. The predicted octanol–water partition coefficient (Wildman–Crippen LogP) is 6.43. The smallest absolute Gasteiger partial charge is 0.450 e. The highest BCUT2D eigenvalue weighted by atomic mass is 19.4. The molecule has 0 aliphatic heterocycles. The second-order valence-electron chi connectivity index (χ2n) is 7.57. The van der Waals surface area contributed by atoms with Crippen LogP contribution in [0, 0.1) is 0 Å². The molecule has 0 unspecified atom stereocenters. The minimum Gasteiger partial charge on any atom is -0.450 e. The topological polar surface area (TPSA) is 55.4 Å². The number of carbonyl (C=O) groups is 2. The van der Waals surface area contributed by atoms with Crippen LogP contribution in [0.4, 0.5) is 61.9 Å². The molecule has 0 fully saturated rings. The molecular formula is C20H18F13NO3. The summed E-state index contributed by atoms with van der Waals surface area (Å²) in [5, 5.41) is 1.90. The molecule has 0 saturated heterocycles. The summed E-state index contributed by atoms with van der Waals surface area (Å²) < 4.78 is 176. The van der Waals surface area contributed by atoms with Crippen LogP contribution in [-0.2, 0) is 16.0 Å². The van der Waals surface area contributed by atoms with Crippen LogP contribution in [0.15, 0.2) is 30.3 Å². The van der Waals surface area contributed by atoms with Gasteiger partial charge in [0.1, 0.15) is 0 Å². The molecule has 0 heterocycles. The lowest BCUT2D eigenvalue weighted by molar-refractivity contribution is -0.440. The number of ether oxygens (including phenoxy) is 1. The summed E-state index contributed by atoms with van der Waals surface area (Å²) in [7, 11) is 0. The van der Waals surface area contributed by atoms with Crippen molar-refractivity contribution in [1.82, 2.24) is 5.32 Å². The first-order valence-electron chi connectivity index (χ1n) is 10.0. The van der Waals surface area contributed by atoms with Gasteiger partial charge in [0.25, 0.3) is 0 Å². The predicted molar refractivity (Wildman–Crippen MR) is 99.1 cm³/mol. The van der Waals surface area contributed by atoms with Crippen LogP contribution in [0.25, 0.3) is 0 Å². The van der Waals surface area contributed by atoms with E-state index in [1.165, 1.54) is 37.3 Å². The van der Waals surface area contributed by atoms with Gasteiger partial charge in [-0.25, -0.2) is 4.79 Å². The number of rotatable bonds is 12. The Labute approximate surface area is 200 Å². The van der Waals surface area contributed by atoms with Crippen molar-refractivity contribution < 1.29 is 71.4 Å². The third-order valence-corrected chi connectivity index (χ3v) is 4.92. The van der Waals surface area contributed by atoms with E-state index < -0.39 is 73.0 Å². The van der Waals surface area contributed by atoms with Crippen molar-refractivity contribution in [3.63, 3.8) is 0 Å².